The molecule has 0 aliphatic carbocycles. The number of benzene rings is 2. The summed E-state index contributed by atoms with van der Waals surface area (Å²) in [6.07, 6.45) is 1.11. The van der Waals surface area contributed by atoms with Crippen molar-refractivity contribution in [2.75, 3.05) is 23.7 Å². The molecule has 0 radical (unpaired) electrons. The maximum absolute atomic E-state index is 12.6. The molecule has 6 nitrogen and oxygen atoms in total. The molecule has 0 aliphatic rings. The van der Waals surface area contributed by atoms with Crippen LogP contribution < -0.4 is 14.4 Å². The SMILES string of the molecule is Cc1cc(C)c(N(CC(=O)N[C@@H](C)COc2ccccc2C)S(C)(=O)=O)c(C)c1. The van der Waals surface area contributed by atoms with E-state index in [-0.39, 0.29) is 25.1 Å². The van der Waals surface area contributed by atoms with E-state index in [4.69, 9.17) is 4.74 Å². The van der Waals surface area contributed by atoms with Crippen molar-refractivity contribution >= 4 is 21.6 Å². The lowest BCUT2D eigenvalue weighted by atomic mass is 10.1. The monoisotopic (exact) mass is 418 g/mol. The average Bonchev–Trinajstić information content (AvgIpc) is 2.58. The number of carbonyl (C=O) groups excluding carboxylic acids is 1. The fraction of sp³-hybridized carbons (Fsp3) is 0.409. The minimum atomic E-state index is -3.63. The van der Waals surface area contributed by atoms with Crippen LogP contribution in [0.15, 0.2) is 36.4 Å². The third-order valence-electron chi connectivity index (χ3n) is 4.56. The highest BCUT2D eigenvalue weighted by Crippen LogP contribution is 2.28. The molecule has 0 unspecified atom stereocenters. The summed E-state index contributed by atoms with van der Waals surface area (Å²) in [7, 11) is -3.63. The van der Waals surface area contributed by atoms with Gasteiger partial charge in [0.1, 0.15) is 18.9 Å². The van der Waals surface area contributed by atoms with E-state index in [9.17, 15) is 13.2 Å². The number of nitrogens with one attached hydrogen (secondary N) is 1. The number of para-hydroxylation sites is 1. The van der Waals surface area contributed by atoms with Gasteiger partial charge in [0.2, 0.25) is 15.9 Å². The molecule has 0 fully saturated rings. The first-order valence-electron chi connectivity index (χ1n) is 9.52. The number of amides is 1. The van der Waals surface area contributed by atoms with Gasteiger partial charge in [-0.25, -0.2) is 8.42 Å². The Bertz CT molecular complexity index is 963. The normalized spacial score (nSPS) is 12.3. The summed E-state index contributed by atoms with van der Waals surface area (Å²) in [6.45, 7) is 9.44. The summed E-state index contributed by atoms with van der Waals surface area (Å²) in [6, 6.07) is 11.2. The molecule has 0 saturated heterocycles. The summed E-state index contributed by atoms with van der Waals surface area (Å²) in [4.78, 5) is 12.6. The predicted molar refractivity (Wildman–Crippen MR) is 117 cm³/mol. The Morgan fingerprint density at radius 3 is 2.21 bits per heavy atom. The fourth-order valence-electron chi connectivity index (χ4n) is 3.35. The standard InChI is InChI=1S/C22H30N2O4S/c1-15-11-17(3)22(18(4)12-15)24(29(6,26)27)13-21(25)23-19(5)14-28-20-10-8-7-9-16(20)2/h7-12,19H,13-14H2,1-6H3,(H,23,25)/t19-/m0/s1. The zero-order chi connectivity index (χ0) is 21.8. The maximum Gasteiger partial charge on any atom is 0.241 e. The van der Waals surface area contributed by atoms with Crippen molar-refractivity contribution in [3.63, 3.8) is 0 Å². The second kappa shape index (κ2) is 9.31. The molecule has 1 N–H and O–H groups in total. The van der Waals surface area contributed by atoms with Crippen molar-refractivity contribution in [1.29, 1.82) is 0 Å². The second-order valence-electron chi connectivity index (χ2n) is 7.56. The minimum absolute atomic E-state index is 0.274. The van der Waals surface area contributed by atoms with Gasteiger partial charge in [-0.3, -0.25) is 9.10 Å². The van der Waals surface area contributed by atoms with E-state index in [1.165, 1.54) is 4.31 Å². The van der Waals surface area contributed by atoms with Crippen LogP contribution in [0.1, 0.15) is 29.2 Å². The fourth-order valence-corrected chi connectivity index (χ4v) is 4.33. The van der Waals surface area contributed by atoms with Crippen LogP contribution in [-0.2, 0) is 14.8 Å². The van der Waals surface area contributed by atoms with Gasteiger partial charge >= 0.3 is 0 Å². The Balaban J connectivity index is 2.08. The highest BCUT2D eigenvalue weighted by Gasteiger charge is 2.24. The molecule has 29 heavy (non-hydrogen) atoms. The molecule has 2 aromatic carbocycles. The van der Waals surface area contributed by atoms with Gasteiger partial charge in [-0.05, 0) is 57.4 Å². The highest BCUT2D eigenvalue weighted by molar-refractivity contribution is 7.92. The van der Waals surface area contributed by atoms with Crippen LogP contribution >= 0.6 is 0 Å². The van der Waals surface area contributed by atoms with Crippen molar-refractivity contribution in [1.82, 2.24) is 5.32 Å². The van der Waals surface area contributed by atoms with E-state index >= 15 is 0 Å². The van der Waals surface area contributed by atoms with E-state index < -0.39 is 10.0 Å². The van der Waals surface area contributed by atoms with E-state index in [1.807, 2.05) is 71.0 Å². The van der Waals surface area contributed by atoms with Crippen molar-refractivity contribution in [2.24, 2.45) is 0 Å². The molecule has 1 amide bonds. The van der Waals surface area contributed by atoms with E-state index in [0.29, 0.717) is 5.69 Å². The van der Waals surface area contributed by atoms with E-state index in [2.05, 4.69) is 5.32 Å². The van der Waals surface area contributed by atoms with Crippen LogP contribution in [0.4, 0.5) is 5.69 Å². The van der Waals surface area contributed by atoms with Gasteiger partial charge in [0.05, 0.1) is 18.0 Å². The first-order valence-corrected chi connectivity index (χ1v) is 11.4. The lowest BCUT2D eigenvalue weighted by Crippen LogP contribution is -2.45. The van der Waals surface area contributed by atoms with E-state index in [0.717, 1.165) is 34.3 Å². The van der Waals surface area contributed by atoms with E-state index in [1.54, 1.807) is 0 Å². The molecule has 0 spiro atoms. The van der Waals surface area contributed by atoms with Gasteiger partial charge in [0, 0.05) is 0 Å². The van der Waals surface area contributed by atoms with Gasteiger partial charge in [0.25, 0.3) is 0 Å². The molecular formula is C22H30N2O4S. The number of hydrogen-bond donors (Lipinski definition) is 1. The Kier molecular flexibility index (Phi) is 7.30. The van der Waals surface area contributed by atoms with Crippen LogP contribution in [0.3, 0.4) is 0 Å². The minimum Gasteiger partial charge on any atom is -0.491 e. The first kappa shape index (κ1) is 22.7. The van der Waals surface area contributed by atoms with Crippen molar-refractivity contribution in [3.8, 4) is 5.75 Å². The average molecular weight is 419 g/mol. The molecule has 1 atom stereocenters. The van der Waals surface area contributed by atoms with Crippen LogP contribution in [0.5, 0.6) is 5.75 Å². The summed E-state index contributed by atoms with van der Waals surface area (Å²) >= 11 is 0. The van der Waals surface area contributed by atoms with Crippen molar-refractivity contribution < 1.29 is 17.9 Å². The van der Waals surface area contributed by atoms with Crippen molar-refractivity contribution in [2.45, 2.75) is 40.7 Å². The van der Waals surface area contributed by atoms with Crippen molar-refractivity contribution in [3.05, 3.63) is 58.7 Å². The summed E-state index contributed by atoms with van der Waals surface area (Å²) in [5.41, 5.74) is 4.24. The van der Waals surface area contributed by atoms with Gasteiger partial charge in [-0.1, -0.05) is 35.9 Å². The Morgan fingerprint density at radius 1 is 1.07 bits per heavy atom. The molecule has 7 heteroatoms. The second-order valence-corrected chi connectivity index (χ2v) is 9.47. The Hall–Kier alpha value is -2.54. The topological polar surface area (TPSA) is 75.7 Å². The molecule has 0 bridgehead atoms. The van der Waals surface area contributed by atoms with Crippen LogP contribution in [0, 0.1) is 27.7 Å². The lowest BCUT2D eigenvalue weighted by molar-refractivity contribution is -0.120. The highest BCUT2D eigenvalue weighted by atomic mass is 32.2. The first-order chi connectivity index (χ1) is 13.5. The largest absolute Gasteiger partial charge is 0.491 e. The third-order valence-corrected chi connectivity index (χ3v) is 5.67. The smallest absolute Gasteiger partial charge is 0.241 e. The Labute approximate surface area is 173 Å². The summed E-state index contributed by atoms with van der Waals surface area (Å²) in [5, 5.41) is 2.82. The molecule has 2 aromatic rings. The van der Waals surface area contributed by atoms with Gasteiger partial charge in [0.15, 0.2) is 0 Å². The Morgan fingerprint density at radius 2 is 1.66 bits per heavy atom. The van der Waals surface area contributed by atoms with Gasteiger partial charge in [-0.2, -0.15) is 0 Å². The molecule has 0 aromatic heterocycles. The number of nitrogens with zero attached hydrogens (tertiary/aromatic N) is 1. The number of aryl methyl sites for hydroxylation is 4. The quantitative estimate of drug-likeness (QED) is 0.714. The lowest BCUT2D eigenvalue weighted by Gasteiger charge is -2.26. The number of ether oxygens (including phenoxy) is 1. The molecule has 158 valence electrons. The van der Waals surface area contributed by atoms with Crippen LogP contribution in [0.2, 0.25) is 0 Å². The number of carbonyl (C=O) groups is 1. The third kappa shape index (κ3) is 6.22. The number of anilines is 1. The number of rotatable bonds is 8. The molecule has 0 saturated carbocycles. The summed E-state index contributed by atoms with van der Waals surface area (Å²) in [5.74, 6) is 0.382. The molecule has 2 rings (SSSR count). The molecule has 0 aliphatic heterocycles. The van der Waals surface area contributed by atoms with Crippen LogP contribution in [-0.4, -0.2) is 39.8 Å². The summed E-state index contributed by atoms with van der Waals surface area (Å²) < 4.78 is 31.8. The van der Waals surface area contributed by atoms with Gasteiger partial charge < -0.3 is 10.1 Å². The molecular weight excluding hydrogens is 388 g/mol. The maximum atomic E-state index is 12.6. The zero-order valence-corrected chi connectivity index (χ0v) is 18.8. The zero-order valence-electron chi connectivity index (χ0n) is 17.9. The predicted octanol–water partition coefficient (Wildman–Crippen LogP) is 3.27. The number of sulfonamides is 1. The van der Waals surface area contributed by atoms with Crippen LogP contribution in [0.25, 0.3) is 0 Å². The van der Waals surface area contributed by atoms with Gasteiger partial charge in [-0.15, -0.1) is 0 Å². The number of hydrogen-bond acceptors (Lipinski definition) is 4. The molecule has 0 heterocycles.